The molecule has 2 aromatic rings. The molecule has 3 nitrogen and oxygen atoms in total. The van der Waals surface area contributed by atoms with Gasteiger partial charge in [0.1, 0.15) is 0 Å². The molecule has 0 saturated carbocycles. The number of nitrogens with zero attached hydrogens (tertiary/aromatic N) is 1. The number of aryl methyl sites for hydroxylation is 1. The summed E-state index contributed by atoms with van der Waals surface area (Å²) < 4.78 is 12.0. The molecule has 0 aliphatic rings. The molecule has 1 heterocycles. The van der Waals surface area contributed by atoms with E-state index in [1.54, 1.807) is 25.6 Å². The summed E-state index contributed by atoms with van der Waals surface area (Å²) >= 11 is 1.80. The number of methoxy groups -OCH3 is 2. The first-order valence-electron chi connectivity index (χ1n) is 6.15. The lowest BCUT2D eigenvalue weighted by Gasteiger charge is -2.16. The predicted octanol–water partition coefficient (Wildman–Crippen LogP) is 1.98. The molecular formula is C13H27NO2S5Si. The van der Waals surface area contributed by atoms with Crippen LogP contribution in [0.2, 0.25) is 0 Å². The zero-order valence-corrected chi connectivity index (χ0v) is 20.1. The number of hydrogen-bond donors (Lipinski definition) is 0. The van der Waals surface area contributed by atoms with E-state index in [0.29, 0.717) is 0 Å². The maximum Gasteiger partial charge on any atom is 0.183 e. The Balaban J connectivity index is -0.000000902. The van der Waals surface area contributed by atoms with Gasteiger partial charge in [-0.2, -0.15) is 54.0 Å². The zero-order chi connectivity index (χ0) is 13.1. The van der Waals surface area contributed by atoms with Gasteiger partial charge in [0.25, 0.3) is 0 Å². The van der Waals surface area contributed by atoms with Crippen molar-refractivity contribution in [1.82, 2.24) is 4.98 Å². The van der Waals surface area contributed by atoms with Crippen LogP contribution in [-0.4, -0.2) is 29.4 Å². The molecule has 0 fully saturated rings. The maximum absolute atomic E-state index is 5.35. The molecular weight excluding hydrogens is 391 g/mol. The van der Waals surface area contributed by atoms with Gasteiger partial charge in [-0.1, -0.05) is 13.0 Å². The molecule has 1 aromatic heterocycles. The molecule has 0 bridgehead atoms. The molecule has 0 unspecified atom stereocenters. The molecule has 9 heteroatoms. The molecule has 0 radical (unpaired) electrons. The van der Waals surface area contributed by atoms with Gasteiger partial charge in [-0.3, -0.25) is 0 Å². The molecule has 0 N–H and O–H groups in total. The minimum atomic E-state index is -0.279. The van der Waals surface area contributed by atoms with Crippen molar-refractivity contribution in [3.63, 3.8) is 0 Å². The van der Waals surface area contributed by atoms with Crippen molar-refractivity contribution >= 4 is 91.0 Å². The average Bonchev–Trinajstić information content (AvgIpc) is 2.77. The topological polar surface area (TPSA) is 31.4 Å². The Morgan fingerprint density at radius 3 is 2.23 bits per heavy atom. The van der Waals surface area contributed by atoms with E-state index >= 15 is 0 Å². The van der Waals surface area contributed by atoms with Crippen LogP contribution in [0.25, 0.3) is 10.2 Å². The van der Waals surface area contributed by atoms with Crippen molar-refractivity contribution in [2.45, 2.75) is 26.1 Å². The lowest BCUT2D eigenvalue weighted by molar-refractivity contribution is -0.105. The van der Waals surface area contributed by atoms with Crippen molar-refractivity contribution in [2.24, 2.45) is 0 Å². The standard InChI is InChI=1S/C13H19NO2SSi.4H2S/c1-4-5-10-14-11-9(17-10)7-6-8(12(11)18)13(15-2)16-3;;;;/h6-7,13H,4-5H2,1-3,18H3;4*1H2. The van der Waals surface area contributed by atoms with E-state index in [-0.39, 0.29) is 60.3 Å². The SMILES string of the molecule is CCCc1nc2c([SiH3])c(C(OC)OC)ccc2s1.S.S.S.S. The minimum Gasteiger partial charge on any atom is -0.352 e. The van der Waals surface area contributed by atoms with Crippen LogP contribution in [0.1, 0.15) is 30.2 Å². The highest BCUT2D eigenvalue weighted by molar-refractivity contribution is 7.59. The Morgan fingerprint density at radius 1 is 1.14 bits per heavy atom. The van der Waals surface area contributed by atoms with Gasteiger partial charge >= 0.3 is 0 Å². The van der Waals surface area contributed by atoms with Gasteiger partial charge in [0.15, 0.2) is 6.29 Å². The minimum absolute atomic E-state index is 0. The van der Waals surface area contributed by atoms with Gasteiger partial charge in [-0.25, -0.2) is 4.98 Å². The number of thiazole rings is 1. The molecule has 1 aromatic carbocycles. The van der Waals surface area contributed by atoms with Crippen LogP contribution in [-0.2, 0) is 15.9 Å². The van der Waals surface area contributed by atoms with Crippen molar-refractivity contribution in [3.05, 3.63) is 22.7 Å². The second kappa shape index (κ2) is 13.0. The quantitative estimate of drug-likeness (QED) is 0.551. The third-order valence-corrected chi connectivity index (χ3v) is 5.18. The third kappa shape index (κ3) is 5.93. The van der Waals surface area contributed by atoms with Gasteiger partial charge < -0.3 is 9.47 Å². The van der Waals surface area contributed by atoms with Crippen molar-refractivity contribution in [1.29, 1.82) is 0 Å². The van der Waals surface area contributed by atoms with Gasteiger partial charge in [0, 0.05) is 30.0 Å². The van der Waals surface area contributed by atoms with E-state index in [4.69, 9.17) is 14.5 Å². The molecule has 0 aliphatic carbocycles. The normalized spacial score (nSPS) is 9.64. The number of ether oxygens (including phenoxy) is 2. The average molecular weight is 418 g/mol. The van der Waals surface area contributed by atoms with E-state index in [2.05, 4.69) is 19.1 Å². The summed E-state index contributed by atoms with van der Waals surface area (Å²) in [6.07, 6.45) is 1.92. The number of rotatable bonds is 5. The Bertz CT molecular complexity index is 548. The molecule has 0 saturated heterocycles. The Kier molecular flexibility index (Phi) is 16.2. The number of fused-ring (bicyclic) bond motifs is 1. The number of hydrogen-bond acceptors (Lipinski definition) is 4. The largest absolute Gasteiger partial charge is 0.352 e. The van der Waals surface area contributed by atoms with Crippen molar-refractivity contribution in [2.75, 3.05) is 14.2 Å². The van der Waals surface area contributed by atoms with Crippen molar-refractivity contribution < 1.29 is 9.47 Å². The molecule has 0 spiro atoms. The second-order valence-corrected chi connectivity index (χ2v) is 6.40. The highest BCUT2D eigenvalue weighted by atomic mass is 32.1. The predicted molar refractivity (Wildman–Crippen MR) is 121 cm³/mol. The van der Waals surface area contributed by atoms with Crippen LogP contribution in [0, 0.1) is 0 Å². The summed E-state index contributed by atoms with van der Waals surface area (Å²) in [5, 5.41) is 2.52. The first-order valence-corrected chi connectivity index (χ1v) is 7.97. The summed E-state index contributed by atoms with van der Waals surface area (Å²) in [5.74, 6) is 0. The van der Waals surface area contributed by atoms with Gasteiger partial charge in [-0.05, 0) is 24.1 Å². The lowest BCUT2D eigenvalue weighted by Crippen LogP contribution is -2.18. The van der Waals surface area contributed by atoms with E-state index in [0.717, 1.165) is 34.2 Å². The molecule has 0 amide bonds. The molecule has 22 heavy (non-hydrogen) atoms. The Labute approximate surface area is 167 Å². The molecule has 0 aliphatic heterocycles. The van der Waals surface area contributed by atoms with Gasteiger partial charge in [0.2, 0.25) is 0 Å². The van der Waals surface area contributed by atoms with Gasteiger partial charge in [-0.15, -0.1) is 11.3 Å². The summed E-state index contributed by atoms with van der Waals surface area (Å²) in [5.41, 5.74) is 2.26. The fraction of sp³-hybridized carbons (Fsp3) is 0.462. The van der Waals surface area contributed by atoms with Crippen LogP contribution < -0.4 is 5.19 Å². The van der Waals surface area contributed by atoms with Crippen LogP contribution in [0.15, 0.2) is 12.1 Å². The molecule has 130 valence electrons. The Hall–Kier alpha value is 0.647. The van der Waals surface area contributed by atoms with E-state index in [9.17, 15) is 0 Å². The smallest absolute Gasteiger partial charge is 0.183 e. The number of benzene rings is 1. The third-order valence-electron chi connectivity index (χ3n) is 3.05. The van der Waals surface area contributed by atoms with Crippen LogP contribution in [0.4, 0.5) is 0 Å². The highest BCUT2D eigenvalue weighted by Gasteiger charge is 2.15. The summed E-state index contributed by atoms with van der Waals surface area (Å²) in [7, 11) is 4.29. The monoisotopic (exact) mass is 417 g/mol. The van der Waals surface area contributed by atoms with E-state index < -0.39 is 0 Å². The fourth-order valence-corrected chi connectivity index (χ4v) is 4.21. The van der Waals surface area contributed by atoms with Crippen molar-refractivity contribution in [3.8, 4) is 0 Å². The summed E-state index contributed by atoms with van der Waals surface area (Å²) in [6.45, 7) is 2.19. The summed E-state index contributed by atoms with van der Waals surface area (Å²) in [6, 6.07) is 4.24. The van der Waals surface area contributed by atoms with Crippen LogP contribution in [0.3, 0.4) is 0 Å². The van der Waals surface area contributed by atoms with E-state index in [1.165, 1.54) is 14.9 Å². The van der Waals surface area contributed by atoms with Crippen LogP contribution in [0.5, 0.6) is 0 Å². The lowest BCUT2D eigenvalue weighted by atomic mass is 10.2. The fourth-order valence-electron chi connectivity index (χ4n) is 2.11. The summed E-state index contributed by atoms with van der Waals surface area (Å²) in [4.78, 5) is 4.76. The number of aromatic nitrogens is 1. The zero-order valence-electron chi connectivity index (χ0n) is 13.3. The van der Waals surface area contributed by atoms with Gasteiger partial charge in [0.05, 0.1) is 15.2 Å². The first-order chi connectivity index (χ1) is 8.71. The molecule has 0 atom stereocenters. The molecule has 2 rings (SSSR count). The maximum atomic E-state index is 5.35. The van der Waals surface area contributed by atoms with E-state index in [1.807, 2.05) is 0 Å². The second-order valence-electron chi connectivity index (χ2n) is 4.29. The highest BCUT2D eigenvalue weighted by Crippen LogP contribution is 2.25. The Morgan fingerprint density at radius 2 is 1.73 bits per heavy atom. The van der Waals surface area contributed by atoms with Crippen LogP contribution >= 0.6 is 65.3 Å². The first kappa shape index (κ1) is 27.5.